The number of rotatable bonds is 5. The minimum Gasteiger partial charge on any atom is -0.377 e. The summed E-state index contributed by atoms with van der Waals surface area (Å²) in [7, 11) is 0. The van der Waals surface area contributed by atoms with Gasteiger partial charge in [0.1, 0.15) is 0 Å². The molecule has 4 rings (SSSR count). The summed E-state index contributed by atoms with van der Waals surface area (Å²) in [5.74, 6) is 0. The predicted octanol–water partition coefficient (Wildman–Crippen LogP) is 3.32. The van der Waals surface area contributed by atoms with Gasteiger partial charge in [0, 0.05) is 25.7 Å². The molecular formula is C20H29N3O2. The van der Waals surface area contributed by atoms with Crippen LogP contribution in [0.15, 0.2) is 29.1 Å². The molecule has 1 aliphatic heterocycles. The number of para-hydroxylation sites is 2. The van der Waals surface area contributed by atoms with Crippen LogP contribution in [0.5, 0.6) is 0 Å². The van der Waals surface area contributed by atoms with Gasteiger partial charge in [-0.05, 0) is 37.8 Å². The van der Waals surface area contributed by atoms with Crippen LogP contribution in [0.4, 0.5) is 0 Å². The van der Waals surface area contributed by atoms with Crippen molar-refractivity contribution < 1.29 is 4.74 Å². The maximum absolute atomic E-state index is 12.3. The fourth-order valence-electron chi connectivity index (χ4n) is 4.42. The first-order chi connectivity index (χ1) is 12.3. The number of hydrogen-bond donors (Lipinski definition) is 1. The molecule has 5 heteroatoms. The van der Waals surface area contributed by atoms with Gasteiger partial charge < -0.3 is 14.6 Å². The molecule has 0 atom stereocenters. The summed E-state index contributed by atoms with van der Waals surface area (Å²) in [6.07, 6.45) is 9.08. The second kappa shape index (κ2) is 7.75. The summed E-state index contributed by atoms with van der Waals surface area (Å²) < 4.78 is 8.02. The molecule has 0 unspecified atom stereocenters. The third-order valence-corrected chi connectivity index (χ3v) is 5.86. The van der Waals surface area contributed by atoms with E-state index in [0.717, 1.165) is 50.1 Å². The lowest BCUT2D eigenvalue weighted by Crippen LogP contribution is -2.39. The summed E-state index contributed by atoms with van der Waals surface area (Å²) in [6.45, 7) is 3.96. The number of likely N-dealkylation sites (tertiary alicyclic amines) is 1. The maximum Gasteiger partial charge on any atom is 0.326 e. The highest BCUT2D eigenvalue weighted by Gasteiger charge is 2.23. The number of hydrogen-bond acceptors (Lipinski definition) is 3. The Bertz CT molecular complexity index is 737. The molecule has 1 aliphatic carbocycles. The van der Waals surface area contributed by atoms with Crippen LogP contribution in [0.1, 0.15) is 51.0 Å². The monoisotopic (exact) mass is 343 g/mol. The highest BCUT2D eigenvalue weighted by Crippen LogP contribution is 2.25. The van der Waals surface area contributed by atoms with E-state index in [0.29, 0.717) is 12.1 Å². The number of ether oxygens (including phenoxy) is 1. The van der Waals surface area contributed by atoms with Crippen LogP contribution in [-0.2, 0) is 4.74 Å². The van der Waals surface area contributed by atoms with Gasteiger partial charge in [-0.15, -0.1) is 0 Å². The largest absolute Gasteiger partial charge is 0.377 e. The lowest BCUT2D eigenvalue weighted by Gasteiger charge is -2.33. The summed E-state index contributed by atoms with van der Waals surface area (Å²) in [4.78, 5) is 17.8. The van der Waals surface area contributed by atoms with Gasteiger partial charge in [0.15, 0.2) is 0 Å². The molecule has 2 heterocycles. The standard InChI is InChI=1S/C20H29N3O2/c24-20-21-18-8-4-5-9-19(18)23(20)16-10-12-22(13-11-16)14-15-25-17-6-2-1-3-7-17/h4-5,8-9,16-17H,1-3,6-7,10-15H2,(H,21,24). The van der Waals surface area contributed by atoms with Crippen LogP contribution in [-0.4, -0.2) is 46.8 Å². The molecule has 0 radical (unpaired) electrons. The second-order valence-electron chi connectivity index (χ2n) is 7.52. The van der Waals surface area contributed by atoms with Gasteiger partial charge in [0.25, 0.3) is 0 Å². The predicted molar refractivity (Wildman–Crippen MR) is 100 cm³/mol. The molecule has 5 nitrogen and oxygen atoms in total. The normalized spacial score (nSPS) is 21.1. The maximum atomic E-state index is 12.3. The second-order valence-corrected chi connectivity index (χ2v) is 7.52. The molecule has 2 aliphatic rings. The number of H-pyrrole nitrogens is 1. The first kappa shape index (κ1) is 16.9. The van der Waals surface area contributed by atoms with Crippen molar-refractivity contribution >= 4 is 11.0 Å². The van der Waals surface area contributed by atoms with Gasteiger partial charge in [0.2, 0.25) is 0 Å². The van der Waals surface area contributed by atoms with Crippen molar-refractivity contribution in [3.8, 4) is 0 Å². The molecule has 2 aromatic rings. The smallest absolute Gasteiger partial charge is 0.326 e. The topological polar surface area (TPSA) is 50.3 Å². The van der Waals surface area contributed by atoms with E-state index in [2.05, 4.69) is 9.88 Å². The van der Waals surface area contributed by atoms with Crippen LogP contribution < -0.4 is 5.69 Å². The number of imidazole rings is 1. The molecule has 0 bridgehead atoms. The van der Waals surface area contributed by atoms with Crippen LogP contribution >= 0.6 is 0 Å². The highest BCUT2D eigenvalue weighted by atomic mass is 16.5. The first-order valence-corrected chi connectivity index (χ1v) is 9.84. The van der Waals surface area contributed by atoms with Gasteiger partial charge in [-0.25, -0.2) is 4.79 Å². The molecule has 1 aromatic carbocycles. The van der Waals surface area contributed by atoms with E-state index in [4.69, 9.17) is 4.74 Å². The van der Waals surface area contributed by atoms with Gasteiger partial charge in [0.05, 0.1) is 23.7 Å². The Morgan fingerprint density at radius 2 is 1.80 bits per heavy atom. The fourth-order valence-corrected chi connectivity index (χ4v) is 4.42. The molecule has 1 saturated carbocycles. The minimum absolute atomic E-state index is 0.0280. The van der Waals surface area contributed by atoms with Gasteiger partial charge in [-0.2, -0.15) is 0 Å². The molecule has 0 amide bonds. The van der Waals surface area contributed by atoms with E-state index >= 15 is 0 Å². The quantitative estimate of drug-likeness (QED) is 0.906. The van der Waals surface area contributed by atoms with Crippen molar-refractivity contribution in [1.82, 2.24) is 14.5 Å². The fraction of sp³-hybridized carbons (Fsp3) is 0.650. The van der Waals surface area contributed by atoms with Crippen LogP contribution in [0, 0.1) is 0 Å². The average molecular weight is 343 g/mol. The number of aromatic amines is 1. The average Bonchev–Trinajstić information content (AvgIpc) is 2.99. The Kier molecular flexibility index (Phi) is 5.22. The van der Waals surface area contributed by atoms with Crippen molar-refractivity contribution in [2.45, 2.75) is 57.1 Å². The Balaban J connectivity index is 1.29. The van der Waals surface area contributed by atoms with Crippen molar-refractivity contribution in [1.29, 1.82) is 0 Å². The van der Waals surface area contributed by atoms with Crippen LogP contribution in [0.3, 0.4) is 0 Å². The Labute approximate surface area is 149 Å². The number of nitrogens with one attached hydrogen (secondary N) is 1. The van der Waals surface area contributed by atoms with Crippen molar-refractivity contribution in [3.05, 3.63) is 34.7 Å². The summed E-state index contributed by atoms with van der Waals surface area (Å²) in [6, 6.07) is 8.29. The van der Waals surface area contributed by atoms with E-state index in [1.807, 2.05) is 28.8 Å². The molecule has 1 saturated heterocycles. The van der Waals surface area contributed by atoms with E-state index in [9.17, 15) is 4.79 Å². The van der Waals surface area contributed by atoms with Crippen molar-refractivity contribution in [2.24, 2.45) is 0 Å². The summed E-state index contributed by atoms with van der Waals surface area (Å²) >= 11 is 0. The molecule has 136 valence electrons. The molecular weight excluding hydrogens is 314 g/mol. The van der Waals surface area contributed by atoms with Gasteiger partial charge in [-0.1, -0.05) is 31.4 Å². The Hall–Kier alpha value is -1.59. The molecule has 0 spiro atoms. The number of nitrogens with zero attached hydrogens (tertiary/aromatic N) is 2. The molecule has 1 N–H and O–H groups in total. The Morgan fingerprint density at radius 1 is 1.04 bits per heavy atom. The van der Waals surface area contributed by atoms with E-state index in [1.54, 1.807) is 0 Å². The zero-order valence-corrected chi connectivity index (χ0v) is 15.0. The number of benzene rings is 1. The molecule has 1 aromatic heterocycles. The lowest BCUT2D eigenvalue weighted by atomic mass is 9.98. The van der Waals surface area contributed by atoms with Crippen molar-refractivity contribution in [2.75, 3.05) is 26.2 Å². The third kappa shape index (κ3) is 3.82. The lowest BCUT2D eigenvalue weighted by molar-refractivity contribution is 0.0122. The van der Waals surface area contributed by atoms with Crippen LogP contribution in [0.25, 0.3) is 11.0 Å². The summed E-state index contributed by atoms with van der Waals surface area (Å²) in [5.41, 5.74) is 2.00. The van der Waals surface area contributed by atoms with E-state index < -0.39 is 0 Å². The SMILES string of the molecule is O=c1[nH]c2ccccc2n1C1CCN(CCOC2CCCCC2)CC1. The van der Waals surface area contributed by atoms with Gasteiger partial charge >= 0.3 is 5.69 Å². The van der Waals surface area contributed by atoms with Crippen LogP contribution in [0.2, 0.25) is 0 Å². The minimum atomic E-state index is 0.0280. The number of aromatic nitrogens is 2. The van der Waals surface area contributed by atoms with E-state index in [-0.39, 0.29) is 5.69 Å². The first-order valence-electron chi connectivity index (χ1n) is 9.84. The highest BCUT2D eigenvalue weighted by molar-refractivity contribution is 5.75. The number of piperidine rings is 1. The van der Waals surface area contributed by atoms with Crippen molar-refractivity contribution in [3.63, 3.8) is 0 Å². The molecule has 2 fully saturated rings. The summed E-state index contributed by atoms with van der Waals surface area (Å²) in [5, 5.41) is 0. The molecule has 25 heavy (non-hydrogen) atoms. The zero-order valence-electron chi connectivity index (χ0n) is 15.0. The van der Waals surface area contributed by atoms with E-state index in [1.165, 1.54) is 32.1 Å². The zero-order chi connectivity index (χ0) is 17.1. The van der Waals surface area contributed by atoms with Gasteiger partial charge in [-0.3, -0.25) is 4.57 Å². The third-order valence-electron chi connectivity index (χ3n) is 5.86. The Morgan fingerprint density at radius 3 is 2.60 bits per heavy atom. The number of fused-ring (bicyclic) bond motifs is 1.